The molecule has 0 aliphatic carbocycles. The first-order chi connectivity index (χ1) is 10.5. The summed E-state index contributed by atoms with van der Waals surface area (Å²) in [6.45, 7) is 5.51. The molecule has 0 spiro atoms. The van der Waals surface area contributed by atoms with Crippen LogP contribution >= 0.6 is 0 Å². The largest absolute Gasteiger partial charge is 1.00 e. The number of ketones is 1. The molecule has 0 aliphatic heterocycles. The quantitative estimate of drug-likeness (QED) is 0.436. The third kappa shape index (κ3) is 4.72. The molecule has 1 aromatic heterocycles. The molecule has 0 saturated carbocycles. The maximum absolute atomic E-state index is 11.8. The molecule has 23 heavy (non-hydrogen) atoms. The molecule has 7 heteroatoms. The maximum atomic E-state index is 11.8. The van der Waals surface area contributed by atoms with Crippen molar-refractivity contribution in [2.45, 2.75) is 33.7 Å². The van der Waals surface area contributed by atoms with Crippen LogP contribution in [0.1, 0.15) is 25.5 Å². The Labute approximate surface area is 145 Å². The second-order valence-electron chi connectivity index (χ2n) is 4.98. The summed E-state index contributed by atoms with van der Waals surface area (Å²) in [5, 5.41) is 4.48. The number of halogens is 1. The van der Waals surface area contributed by atoms with E-state index in [1.165, 1.54) is 6.92 Å². The van der Waals surface area contributed by atoms with E-state index in [1.54, 1.807) is 16.2 Å². The summed E-state index contributed by atoms with van der Waals surface area (Å²) in [6, 6.07) is 9.59. The van der Waals surface area contributed by atoms with Crippen LogP contribution < -0.4 is 21.5 Å². The monoisotopic (exact) mass is 381 g/mol. The number of hydrogen-bond donors (Lipinski definition) is 0. The molecule has 1 heterocycles. The molecule has 0 bridgehead atoms. The Bertz CT molecular complexity index is 683. The summed E-state index contributed by atoms with van der Waals surface area (Å²) in [7, 11) is 0. The van der Waals surface area contributed by atoms with Crippen molar-refractivity contribution in [3.05, 3.63) is 42.0 Å². The molecule has 0 fully saturated rings. The normalized spacial score (nSPS) is 10.0. The van der Waals surface area contributed by atoms with Gasteiger partial charge >= 0.3 is 5.97 Å². The average Bonchev–Trinajstić information content (AvgIpc) is 2.77. The molecule has 0 radical (unpaired) electrons. The van der Waals surface area contributed by atoms with Gasteiger partial charge in [0.1, 0.15) is 11.5 Å². The van der Waals surface area contributed by atoms with Crippen molar-refractivity contribution in [2.75, 3.05) is 6.61 Å². The number of aromatic nitrogens is 3. The Morgan fingerprint density at radius 1 is 1.26 bits per heavy atom. The molecule has 0 atom stereocenters. The van der Waals surface area contributed by atoms with Gasteiger partial charge in [-0.05, 0) is 26.0 Å². The van der Waals surface area contributed by atoms with Crippen LogP contribution in [0.4, 0.5) is 0 Å². The summed E-state index contributed by atoms with van der Waals surface area (Å²) >= 11 is 0. The lowest BCUT2D eigenvalue weighted by atomic mass is 10.3. The van der Waals surface area contributed by atoms with Crippen LogP contribution in [0.3, 0.4) is 0 Å². The van der Waals surface area contributed by atoms with Gasteiger partial charge in [-0.2, -0.15) is 0 Å². The van der Waals surface area contributed by atoms with E-state index in [-0.39, 0.29) is 41.7 Å². The lowest BCUT2D eigenvalue weighted by Crippen LogP contribution is -3.00. The second kappa shape index (κ2) is 8.57. The molecular formula is C16H20BrN3O3. The number of benzene rings is 1. The van der Waals surface area contributed by atoms with Gasteiger partial charge < -0.3 is 21.7 Å². The molecule has 0 N–H and O–H groups in total. The third-order valence-corrected chi connectivity index (χ3v) is 3.22. The summed E-state index contributed by atoms with van der Waals surface area (Å²) in [5.74, 6) is 0.987. The van der Waals surface area contributed by atoms with Crippen molar-refractivity contribution >= 4 is 11.8 Å². The van der Waals surface area contributed by atoms with E-state index in [0.717, 1.165) is 11.5 Å². The molecule has 124 valence electrons. The van der Waals surface area contributed by atoms with E-state index < -0.39 is 0 Å². The van der Waals surface area contributed by atoms with E-state index >= 15 is 0 Å². The average molecular weight is 382 g/mol. The van der Waals surface area contributed by atoms with Gasteiger partial charge in [-0.1, -0.05) is 22.9 Å². The summed E-state index contributed by atoms with van der Waals surface area (Å²) in [6.07, 6.45) is 0.181. The van der Waals surface area contributed by atoms with E-state index in [4.69, 9.17) is 4.74 Å². The third-order valence-electron chi connectivity index (χ3n) is 3.22. The zero-order valence-electron chi connectivity index (χ0n) is 13.5. The summed E-state index contributed by atoms with van der Waals surface area (Å²) in [5.41, 5.74) is 0.882. The molecule has 0 aliphatic rings. The van der Waals surface area contributed by atoms with Gasteiger partial charge in [0, 0.05) is 12.0 Å². The molecule has 1 aromatic carbocycles. The molecular weight excluding hydrogens is 362 g/mol. The van der Waals surface area contributed by atoms with Crippen LogP contribution in [-0.4, -0.2) is 28.1 Å². The standard InChI is InChI=1S/C16H20N3O3.BrH/c1-4-22-16(21)11-18-13(3)19(14-8-6-5-7-9-14)17-15(18)10-12(2)20;/h5-9H,4,10-11H2,1-3H3;1H/q+1;/p-1. The highest BCUT2D eigenvalue weighted by Crippen LogP contribution is 2.08. The van der Waals surface area contributed by atoms with Crippen LogP contribution in [0, 0.1) is 6.92 Å². The predicted molar refractivity (Wildman–Crippen MR) is 79.5 cm³/mol. The van der Waals surface area contributed by atoms with Gasteiger partial charge in [-0.3, -0.25) is 4.79 Å². The highest BCUT2D eigenvalue weighted by Gasteiger charge is 2.26. The van der Waals surface area contributed by atoms with Gasteiger partial charge in [0.2, 0.25) is 5.82 Å². The number of carbonyl (C=O) groups is 2. The van der Waals surface area contributed by atoms with Crippen molar-refractivity contribution in [2.24, 2.45) is 0 Å². The minimum Gasteiger partial charge on any atom is -1.00 e. The molecule has 6 nitrogen and oxygen atoms in total. The number of ether oxygens (including phenoxy) is 1. The van der Waals surface area contributed by atoms with Crippen LogP contribution in [0.2, 0.25) is 0 Å². The molecule has 2 aromatic rings. The van der Waals surface area contributed by atoms with Crippen LogP contribution in [0.5, 0.6) is 0 Å². The highest BCUT2D eigenvalue weighted by molar-refractivity contribution is 5.77. The topological polar surface area (TPSA) is 65.1 Å². The SMILES string of the molecule is CCOC(=O)C[n+]1c(CC(C)=O)nn(-c2ccccc2)c1C.[Br-]. The zero-order valence-corrected chi connectivity index (χ0v) is 15.0. The number of nitrogens with zero attached hydrogens (tertiary/aromatic N) is 3. The number of para-hydroxylation sites is 1. The number of Topliss-reactive ketones (excluding diaryl/α,β-unsaturated/α-hetero) is 1. The first-order valence-electron chi connectivity index (χ1n) is 7.21. The number of carbonyl (C=O) groups excluding carboxylic acids is 2. The van der Waals surface area contributed by atoms with Gasteiger partial charge in [0.05, 0.1) is 13.0 Å². The van der Waals surface area contributed by atoms with E-state index in [0.29, 0.717) is 12.4 Å². The van der Waals surface area contributed by atoms with E-state index in [1.807, 2.05) is 37.3 Å². The molecule has 0 amide bonds. The lowest BCUT2D eigenvalue weighted by Gasteiger charge is -2.02. The van der Waals surface area contributed by atoms with Crippen molar-refractivity contribution in [1.29, 1.82) is 0 Å². The minimum atomic E-state index is -0.340. The smallest absolute Gasteiger partial charge is 0.340 e. The van der Waals surface area contributed by atoms with Crippen molar-refractivity contribution < 1.29 is 35.9 Å². The number of rotatable bonds is 6. The van der Waals surface area contributed by atoms with Crippen molar-refractivity contribution in [3.63, 3.8) is 0 Å². The van der Waals surface area contributed by atoms with E-state index in [2.05, 4.69) is 5.10 Å². The number of hydrogen-bond acceptors (Lipinski definition) is 4. The first kappa shape index (κ1) is 19.0. The summed E-state index contributed by atoms with van der Waals surface area (Å²) < 4.78 is 8.46. The molecule has 0 unspecified atom stereocenters. The Morgan fingerprint density at radius 2 is 1.91 bits per heavy atom. The Morgan fingerprint density at radius 3 is 2.48 bits per heavy atom. The fourth-order valence-corrected chi connectivity index (χ4v) is 2.25. The first-order valence-corrected chi connectivity index (χ1v) is 7.21. The lowest BCUT2D eigenvalue weighted by molar-refractivity contribution is -0.699. The van der Waals surface area contributed by atoms with Crippen LogP contribution in [0.15, 0.2) is 30.3 Å². The van der Waals surface area contributed by atoms with Crippen molar-refractivity contribution in [1.82, 2.24) is 9.78 Å². The second-order valence-corrected chi connectivity index (χ2v) is 4.98. The molecule has 0 saturated heterocycles. The van der Waals surface area contributed by atoms with Crippen molar-refractivity contribution in [3.8, 4) is 5.69 Å². The minimum absolute atomic E-state index is 0. The zero-order chi connectivity index (χ0) is 16.1. The predicted octanol–water partition coefficient (Wildman–Crippen LogP) is -1.83. The van der Waals surface area contributed by atoms with Gasteiger partial charge in [-0.25, -0.2) is 9.36 Å². The highest BCUT2D eigenvalue weighted by atomic mass is 79.9. The van der Waals surface area contributed by atoms with Gasteiger partial charge in [-0.15, -0.1) is 0 Å². The van der Waals surface area contributed by atoms with Gasteiger partial charge in [0.15, 0.2) is 6.54 Å². The molecule has 2 rings (SSSR count). The van der Waals surface area contributed by atoms with Crippen LogP contribution in [0.25, 0.3) is 5.69 Å². The fraction of sp³-hybridized carbons (Fsp3) is 0.375. The van der Waals surface area contributed by atoms with Crippen LogP contribution in [-0.2, 0) is 27.3 Å². The Hall–Kier alpha value is -2.02. The van der Waals surface area contributed by atoms with E-state index in [9.17, 15) is 9.59 Å². The summed E-state index contributed by atoms with van der Waals surface area (Å²) in [4.78, 5) is 23.2. The Kier molecular flexibility index (Phi) is 7.09. The fourth-order valence-electron chi connectivity index (χ4n) is 2.25. The van der Waals surface area contributed by atoms with Gasteiger partial charge in [0.25, 0.3) is 5.82 Å². The number of esters is 1. The maximum Gasteiger partial charge on any atom is 0.340 e. The Balaban J connectivity index is 0.00000264.